The van der Waals surface area contributed by atoms with E-state index in [1.165, 1.54) is 19.0 Å². The van der Waals surface area contributed by atoms with E-state index in [-0.39, 0.29) is 6.08 Å². The first-order valence-corrected chi connectivity index (χ1v) is 2.34. The molecule has 0 amide bonds. The lowest BCUT2D eigenvalue weighted by atomic mass is 10.6. The lowest BCUT2D eigenvalue weighted by molar-refractivity contribution is -0.0805. The van der Waals surface area contributed by atoms with E-state index in [0.29, 0.717) is 0 Å². The van der Waals surface area contributed by atoms with Crippen LogP contribution in [0.15, 0.2) is 12.3 Å². The van der Waals surface area contributed by atoms with Gasteiger partial charge in [-0.2, -0.15) is 13.2 Å². The first kappa shape index (κ1) is 8.33. The van der Waals surface area contributed by atoms with Crippen molar-refractivity contribution in [2.24, 2.45) is 0 Å². The first-order valence-electron chi connectivity index (χ1n) is 2.34. The van der Waals surface area contributed by atoms with Crippen LogP contribution in [0.2, 0.25) is 0 Å². The highest BCUT2D eigenvalue weighted by Gasteiger charge is 2.21. The second-order valence-electron chi connectivity index (χ2n) is 1.82. The molecule has 0 aliphatic carbocycles. The minimum atomic E-state index is -4.19. The molecule has 0 aromatic heterocycles. The smallest absolute Gasteiger partial charge is 0.383 e. The summed E-state index contributed by atoms with van der Waals surface area (Å²) in [5.74, 6) is 0. The van der Waals surface area contributed by atoms with Crippen LogP contribution >= 0.6 is 0 Å². The molecule has 54 valence electrons. The largest absolute Gasteiger partial charge is 0.411 e. The molecule has 0 bridgehead atoms. The molecule has 0 saturated heterocycles. The molecule has 0 aliphatic heterocycles. The molecule has 0 unspecified atom stereocenters. The van der Waals surface area contributed by atoms with E-state index in [4.69, 9.17) is 0 Å². The Morgan fingerprint density at radius 3 is 1.78 bits per heavy atom. The maximum Gasteiger partial charge on any atom is 0.411 e. The van der Waals surface area contributed by atoms with Crippen LogP contribution in [0.25, 0.3) is 0 Å². The summed E-state index contributed by atoms with van der Waals surface area (Å²) in [5, 5.41) is 0. The predicted octanol–water partition coefficient (Wildman–Crippen LogP) is 1.62. The number of alkyl halides is 3. The number of allylic oxidation sites excluding steroid dienone is 1. The summed E-state index contributed by atoms with van der Waals surface area (Å²) in [6, 6.07) is 0. The van der Waals surface area contributed by atoms with Gasteiger partial charge in [0.1, 0.15) is 0 Å². The van der Waals surface area contributed by atoms with Crippen molar-refractivity contribution in [1.29, 1.82) is 0 Å². The average molecular weight is 139 g/mol. The molecular weight excluding hydrogens is 131 g/mol. The molecule has 0 aromatic carbocycles. The van der Waals surface area contributed by atoms with Crippen molar-refractivity contribution in [3.05, 3.63) is 12.3 Å². The van der Waals surface area contributed by atoms with E-state index < -0.39 is 6.18 Å². The van der Waals surface area contributed by atoms with Gasteiger partial charge in [-0.15, -0.1) is 0 Å². The van der Waals surface area contributed by atoms with E-state index in [1.54, 1.807) is 0 Å². The third-order valence-corrected chi connectivity index (χ3v) is 0.562. The van der Waals surface area contributed by atoms with Gasteiger partial charge in [-0.1, -0.05) is 0 Å². The average Bonchev–Trinajstić information content (AvgIpc) is 1.59. The monoisotopic (exact) mass is 139 g/mol. The molecule has 0 heterocycles. The van der Waals surface area contributed by atoms with E-state index in [1.807, 2.05) is 0 Å². The molecule has 0 atom stereocenters. The molecule has 9 heavy (non-hydrogen) atoms. The second kappa shape index (κ2) is 2.75. The second-order valence-corrected chi connectivity index (χ2v) is 1.82. The molecule has 0 spiro atoms. The van der Waals surface area contributed by atoms with E-state index >= 15 is 0 Å². The zero-order valence-corrected chi connectivity index (χ0v) is 5.24. The van der Waals surface area contributed by atoms with Crippen molar-refractivity contribution >= 4 is 0 Å². The van der Waals surface area contributed by atoms with Gasteiger partial charge in [-0.3, -0.25) is 0 Å². The van der Waals surface area contributed by atoms with Crippen LogP contribution in [0.5, 0.6) is 0 Å². The lowest BCUT2D eigenvalue weighted by Crippen LogP contribution is -2.06. The summed E-state index contributed by atoms with van der Waals surface area (Å²) in [4.78, 5) is 1.33. The van der Waals surface area contributed by atoms with Crippen LogP contribution in [0, 0.1) is 0 Å². The van der Waals surface area contributed by atoms with Crippen molar-refractivity contribution in [2.45, 2.75) is 6.18 Å². The SMILES string of the molecule is CN(C)/C=C/C(F)(F)F. The topological polar surface area (TPSA) is 3.24 Å². The van der Waals surface area contributed by atoms with Crippen LogP contribution in [-0.4, -0.2) is 25.2 Å². The minimum absolute atomic E-state index is 0.188. The van der Waals surface area contributed by atoms with Crippen LogP contribution in [-0.2, 0) is 0 Å². The van der Waals surface area contributed by atoms with E-state index in [0.717, 1.165) is 6.20 Å². The Morgan fingerprint density at radius 1 is 1.22 bits per heavy atom. The van der Waals surface area contributed by atoms with Crippen molar-refractivity contribution in [2.75, 3.05) is 14.1 Å². The number of halogens is 3. The van der Waals surface area contributed by atoms with Gasteiger partial charge in [0.15, 0.2) is 0 Å². The fourth-order valence-electron chi connectivity index (χ4n) is 0.234. The Kier molecular flexibility index (Phi) is 2.55. The third-order valence-electron chi connectivity index (χ3n) is 0.562. The van der Waals surface area contributed by atoms with Crippen molar-refractivity contribution in [1.82, 2.24) is 4.90 Å². The normalized spacial score (nSPS) is 12.6. The number of hydrogen-bond acceptors (Lipinski definition) is 1. The van der Waals surface area contributed by atoms with Gasteiger partial charge < -0.3 is 4.90 Å². The summed E-state index contributed by atoms with van der Waals surface area (Å²) in [7, 11) is 3.06. The standard InChI is InChI=1S/C5H8F3N/c1-9(2)4-3-5(6,7)8/h3-4H,1-2H3/b4-3+. The first-order chi connectivity index (χ1) is 3.92. The molecule has 4 heteroatoms. The fourth-order valence-corrected chi connectivity index (χ4v) is 0.234. The highest BCUT2D eigenvalue weighted by atomic mass is 19.4. The predicted molar refractivity (Wildman–Crippen MR) is 28.9 cm³/mol. The van der Waals surface area contributed by atoms with Gasteiger partial charge in [-0.25, -0.2) is 0 Å². The highest BCUT2D eigenvalue weighted by Crippen LogP contribution is 2.15. The van der Waals surface area contributed by atoms with Gasteiger partial charge in [0.2, 0.25) is 0 Å². The summed E-state index contributed by atoms with van der Waals surface area (Å²) >= 11 is 0. The number of rotatable bonds is 1. The molecule has 0 fully saturated rings. The Bertz CT molecular complexity index is 103. The zero-order chi connectivity index (χ0) is 7.49. The molecule has 0 aromatic rings. The third kappa shape index (κ3) is 7.33. The van der Waals surface area contributed by atoms with Gasteiger partial charge in [0.05, 0.1) is 0 Å². The van der Waals surface area contributed by atoms with Gasteiger partial charge >= 0.3 is 6.18 Å². The van der Waals surface area contributed by atoms with Crippen molar-refractivity contribution in [3.8, 4) is 0 Å². The molecular formula is C5H8F3N. The Hall–Kier alpha value is -0.670. The van der Waals surface area contributed by atoms with Crippen molar-refractivity contribution in [3.63, 3.8) is 0 Å². The van der Waals surface area contributed by atoms with E-state index in [2.05, 4.69) is 0 Å². The minimum Gasteiger partial charge on any atom is -0.383 e. The summed E-state index contributed by atoms with van der Waals surface area (Å²) < 4.78 is 33.9. The van der Waals surface area contributed by atoms with Crippen LogP contribution < -0.4 is 0 Å². The lowest BCUT2D eigenvalue weighted by Gasteiger charge is -2.04. The van der Waals surface area contributed by atoms with E-state index in [9.17, 15) is 13.2 Å². The van der Waals surface area contributed by atoms with Crippen molar-refractivity contribution < 1.29 is 13.2 Å². The quantitative estimate of drug-likeness (QED) is 0.533. The fraction of sp³-hybridized carbons (Fsp3) is 0.600. The maximum absolute atomic E-state index is 11.3. The molecule has 0 saturated carbocycles. The Labute approximate surface area is 51.8 Å². The summed E-state index contributed by atoms with van der Waals surface area (Å²) in [6.07, 6.45) is -3.04. The molecule has 1 nitrogen and oxygen atoms in total. The Morgan fingerprint density at radius 2 is 1.67 bits per heavy atom. The van der Waals surface area contributed by atoms with Gasteiger partial charge in [0.25, 0.3) is 0 Å². The van der Waals surface area contributed by atoms with Crippen LogP contribution in [0.1, 0.15) is 0 Å². The molecule has 0 aliphatic rings. The molecule has 0 radical (unpaired) electrons. The Balaban J connectivity index is 3.71. The zero-order valence-electron chi connectivity index (χ0n) is 5.24. The summed E-state index contributed by atoms with van der Waals surface area (Å²) in [5.41, 5.74) is 0. The summed E-state index contributed by atoms with van der Waals surface area (Å²) in [6.45, 7) is 0. The van der Waals surface area contributed by atoms with Gasteiger partial charge in [0, 0.05) is 26.4 Å². The molecule has 0 rings (SSSR count). The highest BCUT2D eigenvalue weighted by molar-refractivity contribution is 4.86. The number of hydrogen-bond donors (Lipinski definition) is 0. The molecule has 0 N–H and O–H groups in total. The van der Waals surface area contributed by atoms with Gasteiger partial charge in [-0.05, 0) is 0 Å². The van der Waals surface area contributed by atoms with Crippen LogP contribution in [0.3, 0.4) is 0 Å². The maximum atomic E-state index is 11.3. The number of nitrogens with zero attached hydrogens (tertiary/aromatic N) is 1. The van der Waals surface area contributed by atoms with Crippen LogP contribution in [0.4, 0.5) is 13.2 Å².